The summed E-state index contributed by atoms with van der Waals surface area (Å²) in [5.41, 5.74) is 1.80. The molecule has 0 unspecified atom stereocenters. The molecule has 0 aliphatic rings. The fraction of sp³-hybridized carbons (Fsp3) is 0.120. The van der Waals surface area contributed by atoms with Crippen LogP contribution in [0.15, 0.2) is 75.6 Å². The van der Waals surface area contributed by atoms with Crippen LogP contribution in [0.3, 0.4) is 0 Å². The SMILES string of the molecule is CCOc1cc(/C=C(\C#N)C(=O)Nc2ccc(Br)cc2)cc(I)c1OS(=O)(=O)c1ccc(C)cc1. The Kier molecular flexibility index (Phi) is 8.93. The molecule has 180 valence electrons. The molecule has 0 fully saturated rings. The van der Waals surface area contributed by atoms with Gasteiger partial charge >= 0.3 is 10.1 Å². The molecular weight excluding hydrogens is 647 g/mol. The topological polar surface area (TPSA) is 105 Å². The average molecular weight is 667 g/mol. The number of benzene rings is 3. The molecule has 0 aliphatic carbocycles. The van der Waals surface area contributed by atoms with E-state index in [4.69, 9.17) is 8.92 Å². The van der Waals surface area contributed by atoms with Crippen LogP contribution >= 0.6 is 38.5 Å². The van der Waals surface area contributed by atoms with Gasteiger partial charge in [-0.25, -0.2) is 0 Å². The van der Waals surface area contributed by atoms with Crippen LogP contribution in [0.25, 0.3) is 6.08 Å². The molecule has 0 radical (unpaired) electrons. The van der Waals surface area contributed by atoms with Crippen molar-refractivity contribution in [3.8, 4) is 17.6 Å². The van der Waals surface area contributed by atoms with E-state index in [9.17, 15) is 18.5 Å². The quantitative estimate of drug-likeness (QED) is 0.135. The van der Waals surface area contributed by atoms with E-state index in [2.05, 4.69) is 21.2 Å². The van der Waals surface area contributed by atoms with Crippen molar-refractivity contribution >= 4 is 66.3 Å². The summed E-state index contributed by atoms with van der Waals surface area (Å²) in [6.45, 7) is 3.85. The van der Waals surface area contributed by atoms with Crippen LogP contribution in [-0.4, -0.2) is 20.9 Å². The number of halogens is 2. The van der Waals surface area contributed by atoms with E-state index < -0.39 is 16.0 Å². The number of nitriles is 1. The number of hydrogen-bond acceptors (Lipinski definition) is 6. The summed E-state index contributed by atoms with van der Waals surface area (Å²) in [5.74, 6) is -0.375. The zero-order chi connectivity index (χ0) is 25.6. The standard InChI is InChI=1S/C25H20BrIN2O5S/c1-3-33-23-14-17(12-18(15-28)25(30)29-20-8-6-19(26)7-9-20)13-22(27)24(23)34-35(31,32)21-10-4-16(2)5-11-21/h4-14H,3H2,1-2H3,(H,29,30)/b18-12+. The van der Waals surface area contributed by atoms with Gasteiger partial charge in [-0.2, -0.15) is 13.7 Å². The van der Waals surface area contributed by atoms with Gasteiger partial charge in [0.1, 0.15) is 16.5 Å². The zero-order valence-corrected chi connectivity index (χ0v) is 23.3. The van der Waals surface area contributed by atoms with Crippen molar-refractivity contribution in [2.75, 3.05) is 11.9 Å². The predicted molar refractivity (Wildman–Crippen MR) is 146 cm³/mol. The lowest BCUT2D eigenvalue weighted by atomic mass is 10.1. The van der Waals surface area contributed by atoms with Gasteiger partial charge in [-0.15, -0.1) is 0 Å². The first-order chi connectivity index (χ1) is 16.6. The van der Waals surface area contributed by atoms with Gasteiger partial charge in [-0.1, -0.05) is 33.6 Å². The highest BCUT2D eigenvalue weighted by Crippen LogP contribution is 2.37. The summed E-state index contributed by atoms with van der Waals surface area (Å²) in [4.78, 5) is 12.6. The highest BCUT2D eigenvalue weighted by Gasteiger charge is 2.22. The van der Waals surface area contributed by atoms with Crippen molar-refractivity contribution in [2.24, 2.45) is 0 Å². The Balaban J connectivity index is 1.93. The Morgan fingerprint density at radius 1 is 1.14 bits per heavy atom. The highest BCUT2D eigenvalue weighted by atomic mass is 127. The molecule has 0 aromatic heterocycles. The number of carbonyl (C=O) groups excluding carboxylic acids is 1. The van der Waals surface area contributed by atoms with Crippen LogP contribution in [0.5, 0.6) is 11.5 Å². The minimum atomic E-state index is -4.11. The third-order valence-electron chi connectivity index (χ3n) is 4.61. The second-order valence-corrected chi connectivity index (χ2v) is 10.9. The van der Waals surface area contributed by atoms with Gasteiger partial charge < -0.3 is 14.2 Å². The number of ether oxygens (including phenoxy) is 1. The number of anilines is 1. The van der Waals surface area contributed by atoms with Gasteiger partial charge in [0.05, 0.1) is 10.2 Å². The summed E-state index contributed by atoms with van der Waals surface area (Å²) in [5, 5.41) is 12.2. The van der Waals surface area contributed by atoms with Crippen molar-refractivity contribution < 1.29 is 22.1 Å². The number of amides is 1. The minimum absolute atomic E-state index is 0.0155. The minimum Gasteiger partial charge on any atom is -0.490 e. The van der Waals surface area contributed by atoms with Crippen LogP contribution < -0.4 is 14.2 Å². The van der Waals surface area contributed by atoms with Gasteiger partial charge in [0, 0.05) is 10.2 Å². The summed E-state index contributed by atoms with van der Waals surface area (Å²) in [6, 6.07) is 18.3. The van der Waals surface area contributed by atoms with E-state index in [-0.39, 0.29) is 28.6 Å². The third kappa shape index (κ3) is 7.06. The summed E-state index contributed by atoms with van der Waals surface area (Å²) >= 11 is 5.25. The molecule has 10 heteroatoms. The fourth-order valence-electron chi connectivity index (χ4n) is 2.92. The predicted octanol–water partition coefficient (Wildman–Crippen LogP) is 6.07. The molecule has 0 atom stereocenters. The molecule has 35 heavy (non-hydrogen) atoms. The number of rotatable bonds is 8. The Hall–Kier alpha value is -2.88. The van der Waals surface area contributed by atoms with E-state index in [1.54, 1.807) is 49.4 Å². The maximum atomic E-state index is 12.8. The second kappa shape index (κ2) is 11.7. The first kappa shape index (κ1) is 26.7. The van der Waals surface area contributed by atoms with Crippen LogP contribution in [0.2, 0.25) is 0 Å². The van der Waals surface area contributed by atoms with Crippen LogP contribution in [0, 0.1) is 21.8 Å². The Labute approximate surface area is 226 Å². The lowest BCUT2D eigenvalue weighted by molar-refractivity contribution is -0.112. The van der Waals surface area contributed by atoms with Crippen LogP contribution in [-0.2, 0) is 14.9 Å². The number of hydrogen-bond donors (Lipinski definition) is 1. The summed E-state index contributed by atoms with van der Waals surface area (Å²) in [6.07, 6.45) is 1.40. The number of nitrogens with zero attached hydrogens (tertiary/aromatic N) is 1. The first-order valence-electron chi connectivity index (χ1n) is 10.3. The molecule has 1 N–H and O–H groups in total. The van der Waals surface area contributed by atoms with E-state index in [0.29, 0.717) is 14.8 Å². The van der Waals surface area contributed by atoms with Gasteiger partial charge in [-0.05, 0) is 96.6 Å². The Morgan fingerprint density at radius 3 is 2.40 bits per heavy atom. The molecule has 3 aromatic carbocycles. The van der Waals surface area contributed by atoms with Crippen molar-refractivity contribution in [2.45, 2.75) is 18.7 Å². The molecule has 3 rings (SSSR count). The van der Waals surface area contributed by atoms with Gasteiger partial charge in [-0.3, -0.25) is 4.79 Å². The molecule has 0 saturated heterocycles. The summed E-state index contributed by atoms with van der Waals surface area (Å²) < 4.78 is 38.0. The molecule has 0 spiro atoms. The maximum absolute atomic E-state index is 12.8. The number of carbonyl (C=O) groups is 1. The van der Waals surface area contributed by atoms with Crippen LogP contribution in [0.1, 0.15) is 18.1 Å². The van der Waals surface area contributed by atoms with E-state index >= 15 is 0 Å². The fourth-order valence-corrected chi connectivity index (χ4v) is 5.03. The van der Waals surface area contributed by atoms with Gasteiger partial charge in [0.25, 0.3) is 5.91 Å². The largest absolute Gasteiger partial charge is 0.490 e. The third-order valence-corrected chi connectivity index (χ3v) is 7.18. The molecule has 0 aliphatic heterocycles. The van der Waals surface area contributed by atoms with Crippen LogP contribution in [0.4, 0.5) is 5.69 Å². The lowest BCUT2D eigenvalue weighted by Crippen LogP contribution is -2.13. The molecule has 7 nitrogen and oxygen atoms in total. The average Bonchev–Trinajstić information content (AvgIpc) is 2.81. The zero-order valence-electron chi connectivity index (χ0n) is 18.7. The van der Waals surface area contributed by atoms with Gasteiger partial charge in [0.15, 0.2) is 11.5 Å². The molecule has 3 aromatic rings. The summed E-state index contributed by atoms with van der Waals surface area (Å²) in [7, 11) is -4.11. The van der Waals surface area contributed by atoms with Crippen molar-refractivity contribution in [3.05, 3.63) is 85.4 Å². The van der Waals surface area contributed by atoms with Gasteiger partial charge in [0.2, 0.25) is 0 Å². The Morgan fingerprint density at radius 2 is 1.80 bits per heavy atom. The van der Waals surface area contributed by atoms with E-state index in [1.807, 2.05) is 35.6 Å². The molecular formula is C25H20BrIN2O5S. The van der Waals surface area contributed by atoms with Crippen molar-refractivity contribution in [3.63, 3.8) is 0 Å². The molecule has 0 heterocycles. The number of aryl methyl sites for hydroxylation is 1. The first-order valence-corrected chi connectivity index (χ1v) is 13.6. The molecule has 0 saturated carbocycles. The second-order valence-electron chi connectivity index (χ2n) is 7.24. The Bertz CT molecular complexity index is 1410. The van der Waals surface area contributed by atoms with E-state index in [0.717, 1.165) is 10.0 Å². The van der Waals surface area contributed by atoms with Crippen molar-refractivity contribution in [1.29, 1.82) is 5.26 Å². The van der Waals surface area contributed by atoms with Crippen molar-refractivity contribution in [1.82, 2.24) is 0 Å². The smallest absolute Gasteiger partial charge is 0.339 e. The normalized spacial score (nSPS) is 11.5. The monoisotopic (exact) mass is 666 g/mol. The van der Waals surface area contributed by atoms with E-state index in [1.165, 1.54) is 24.3 Å². The molecule has 0 bridgehead atoms. The lowest BCUT2D eigenvalue weighted by Gasteiger charge is -2.15. The molecule has 1 amide bonds. The number of nitrogens with one attached hydrogen (secondary N) is 1. The highest BCUT2D eigenvalue weighted by molar-refractivity contribution is 14.1. The maximum Gasteiger partial charge on any atom is 0.339 e.